The third-order valence-electron chi connectivity index (χ3n) is 2.03. The number of pyridine rings is 1. The third kappa shape index (κ3) is 4.29. The average molecular weight is 259 g/mol. The molecule has 0 atom stereocenters. The van der Waals surface area contributed by atoms with E-state index in [1.54, 1.807) is 18.3 Å². The lowest BCUT2D eigenvalue weighted by Gasteiger charge is -2.12. The van der Waals surface area contributed by atoms with Gasteiger partial charge >= 0.3 is 0 Å². The molecule has 6 nitrogen and oxygen atoms in total. The Labute approximate surface area is 102 Å². The van der Waals surface area contributed by atoms with Crippen molar-refractivity contribution in [3.05, 3.63) is 23.9 Å². The molecule has 1 N–H and O–H groups in total. The van der Waals surface area contributed by atoms with E-state index in [9.17, 15) is 8.42 Å². The van der Waals surface area contributed by atoms with Crippen molar-refractivity contribution >= 4 is 10.2 Å². The Hall–Kier alpha value is -1.18. The van der Waals surface area contributed by atoms with Crippen LogP contribution in [0.2, 0.25) is 0 Å². The van der Waals surface area contributed by atoms with Crippen molar-refractivity contribution in [3.8, 4) is 5.88 Å². The second-order valence-electron chi connectivity index (χ2n) is 3.54. The lowest BCUT2D eigenvalue weighted by molar-refractivity contribution is 0.326. The van der Waals surface area contributed by atoms with Gasteiger partial charge in [-0.15, -0.1) is 0 Å². The van der Waals surface area contributed by atoms with Crippen LogP contribution >= 0.6 is 0 Å². The highest BCUT2D eigenvalue weighted by Gasteiger charge is 2.12. The van der Waals surface area contributed by atoms with E-state index in [0.29, 0.717) is 12.5 Å². The molecule has 0 bridgehead atoms. The monoisotopic (exact) mass is 259 g/mol. The molecule has 0 saturated carbocycles. The highest BCUT2D eigenvalue weighted by atomic mass is 32.2. The van der Waals surface area contributed by atoms with E-state index in [0.717, 1.165) is 9.87 Å². The van der Waals surface area contributed by atoms with E-state index in [2.05, 4.69) is 9.71 Å². The van der Waals surface area contributed by atoms with Crippen molar-refractivity contribution in [2.24, 2.45) is 0 Å². The summed E-state index contributed by atoms with van der Waals surface area (Å²) in [7, 11) is -0.454. The van der Waals surface area contributed by atoms with Crippen LogP contribution in [0.4, 0.5) is 0 Å². The van der Waals surface area contributed by atoms with Gasteiger partial charge < -0.3 is 4.74 Å². The second-order valence-corrected chi connectivity index (χ2v) is 5.51. The molecule has 0 aliphatic heterocycles. The molecule has 0 radical (unpaired) electrons. The Balaban J connectivity index is 2.67. The molecule has 1 aromatic heterocycles. The SMILES string of the molecule is CCOc1cc(CNS(=O)(=O)N(C)C)ccn1. The van der Waals surface area contributed by atoms with Gasteiger partial charge in [0.1, 0.15) is 0 Å². The standard InChI is InChI=1S/C10H17N3O3S/c1-4-16-10-7-9(5-6-11-10)8-12-17(14,15)13(2)3/h5-7,12H,4,8H2,1-3H3. The molecule has 0 aromatic carbocycles. The highest BCUT2D eigenvalue weighted by Crippen LogP contribution is 2.09. The molecule has 7 heteroatoms. The first-order valence-electron chi connectivity index (χ1n) is 5.20. The minimum Gasteiger partial charge on any atom is -0.478 e. The Bertz CT molecular complexity index is 460. The number of ether oxygens (including phenoxy) is 1. The van der Waals surface area contributed by atoms with Crippen LogP contribution in [0.5, 0.6) is 5.88 Å². The van der Waals surface area contributed by atoms with Gasteiger partial charge in [0.25, 0.3) is 10.2 Å². The summed E-state index contributed by atoms with van der Waals surface area (Å²) < 4.78 is 31.8. The number of nitrogens with one attached hydrogen (secondary N) is 1. The van der Waals surface area contributed by atoms with Gasteiger partial charge in [-0.05, 0) is 18.6 Å². The Morgan fingerprint density at radius 3 is 2.76 bits per heavy atom. The molecule has 0 aliphatic carbocycles. The van der Waals surface area contributed by atoms with Crippen molar-refractivity contribution in [1.82, 2.24) is 14.0 Å². The first-order chi connectivity index (χ1) is 7.95. The smallest absolute Gasteiger partial charge is 0.279 e. The van der Waals surface area contributed by atoms with Crippen LogP contribution in [0, 0.1) is 0 Å². The summed E-state index contributed by atoms with van der Waals surface area (Å²) in [5.41, 5.74) is 0.800. The third-order valence-corrected chi connectivity index (χ3v) is 3.50. The molecular formula is C10H17N3O3S. The fourth-order valence-corrected chi connectivity index (χ4v) is 1.70. The summed E-state index contributed by atoms with van der Waals surface area (Å²) >= 11 is 0. The molecule has 1 heterocycles. The Morgan fingerprint density at radius 2 is 2.18 bits per heavy atom. The summed E-state index contributed by atoms with van der Waals surface area (Å²) in [4.78, 5) is 4.00. The van der Waals surface area contributed by atoms with E-state index >= 15 is 0 Å². The van der Waals surface area contributed by atoms with Crippen LogP contribution in [-0.2, 0) is 16.8 Å². The van der Waals surface area contributed by atoms with E-state index in [1.165, 1.54) is 14.1 Å². The first kappa shape index (κ1) is 13.9. The van der Waals surface area contributed by atoms with E-state index in [4.69, 9.17) is 4.74 Å². The maximum Gasteiger partial charge on any atom is 0.279 e. The maximum absolute atomic E-state index is 11.5. The lowest BCUT2D eigenvalue weighted by Crippen LogP contribution is -2.35. The van der Waals surface area contributed by atoms with Crippen LogP contribution in [-0.4, -0.2) is 38.4 Å². The summed E-state index contributed by atoms with van der Waals surface area (Å²) in [5.74, 6) is 0.494. The lowest BCUT2D eigenvalue weighted by atomic mass is 10.3. The van der Waals surface area contributed by atoms with Crippen molar-refractivity contribution in [2.45, 2.75) is 13.5 Å². The van der Waals surface area contributed by atoms with E-state index < -0.39 is 10.2 Å². The summed E-state index contributed by atoms with van der Waals surface area (Å²) in [6, 6.07) is 3.45. The zero-order valence-electron chi connectivity index (χ0n) is 10.2. The molecule has 0 fully saturated rings. The minimum atomic E-state index is -3.40. The predicted molar refractivity (Wildman–Crippen MR) is 64.9 cm³/mol. The normalized spacial score (nSPS) is 11.8. The number of rotatable bonds is 6. The van der Waals surface area contributed by atoms with Crippen LogP contribution < -0.4 is 9.46 Å². The summed E-state index contributed by atoms with van der Waals surface area (Å²) in [5, 5.41) is 0. The van der Waals surface area contributed by atoms with Crippen LogP contribution in [0.1, 0.15) is 12.5 Å². The number of hydrogen-bond acceptors (Lipinski definition) is 4. The minimum absolute atomic E-state index is 0.211. The van der Waals surface area contributed by atoms with Gasteiger partial charge in [-0.2, -0.15) is 17.4 Å². The summed E-state index contributed by atoms with van der Waals surface area (Å²) in [6.45, 7) is 2.60. The number of hydrogen-bond donors (Lipinski definition) is 1. The molecule has 96 valence electrons. The quantitative estimate of drug-likeness (QED) is 0.801. The van der Waals surface area contributed by atoms with Crippen molar-refractivity contribution < 1.29 is 13.2 Å². The number of nitrogens with zero attached hydrogens (tertiary/aromatic N) is 2. The zero-order chi connectivity index (χ0) is 12.9. The fraction of sp³-hybridized carbons (Fsp3) is 0.500. The van der Waals surface area contributed by atoms with E-state index in [-0.39, 0.29) is 6.54 Å². The van der Waals surface area contributed by atoms with Gasteiger partial charge in [-0.3, -0.25) is 0 Å². The van der Waals surface area contributed by atoms with Gasteiger partial charge in [0.2, 0.25) is 5.88 Å². The number of aromatic nitrogens is 1. The molecule has 0 aliphatic rings. The van der Waals surface area contributed by atoms with Gasteiger partial charge in [-0.1, -0.05) is 0 Å². The molecule has 0 spiro atoms. The van der Waals surface area contributed by atoms with Crippen LogP contribution in [0.15, 0.2) is 18.3 Å². The first-order valence-corrected chi connectivity index (χ1v) is 6.64. The molecule has 17 heavy (non-hydrogen) atoms. The van der Waals surface area contributed by atoms with Crippen molar-refractivity contribution in [2.75, 3.05) is 20.7 Å². The fourth-order valence-electron chi connectivity index (χ4n) is 1.09. The highest BCUT2D eigenvalue weighted by molar-refractivity contribution is 7.87. The Kier molecular flexibility index (Phi) is 4.86. The average Bonchev–Trinajstić information content (AvgIpc) is 2.27. The summed E-state index contributed by atoms with van der Waals surface area (Å²) in [6.07, 6.45) is 1.59. The van der Waals surface area contributed by atoms with Gasteiger partial charge in [0, 0.05) is 32.9 Å². The van der Waals surface area contributed by atoms with Gasteiger partial charge in [0.15, 0.2) is 0 Å². The molecule has 0 amide bonds. The van der Waals surface area contributed by atoms with Crippen molar-refractivity contribution in [3.63, 3.8) is 0 Å². The van der Waals surface area contributed by atoms with E-state index in [1.807, 2.05) is 6.92 Å². The Morgan fingerprint density at radius 1 is 1.47 bits per heavy atom. The van der Waals surface area contributed by atoms with Gasteiger partial charge in [-0.25, -0.2) is 4.98 Å². The van der Waals surface area contributed by atoms with Gasteiger partial charge in [0.05, 0.1) is 6.61 Å². The van der Waals surface area contributed by atoms with Crippen molar-refractivity contribution in [1.29, 1.82) is 0 Å². The van der Waals surface area contributed by atoms with Crippen LogP contribution in [0.25, 0.3) is 0 Å². The largest absolute Gasteiger partial charge is 0.478 e. The molecule has 1 aromatic rings. The zero-order valence-corrected chi connectivity index (χ0v) is 11.0. The predicted octanol–water partition coefficient (Wildman–Crippen LogP) is 0.376. The van der Waals surface area contributed by atoms with Crippen LogP contribution in [0.3, 0.4) is 0 Å². The second kappa shape index (κ2) is 5.95. The maximum atomic E-state index is 11.5. The molecular weight excluding hydrogens is 242 g/mol. The molecule has 1 rings (SSSR count). The topological polar surface area (TPSA) is 71.5 Å². The molecule has 0 saturated heterocycles. The molecule has 0 unspecified atom stereocenters.